The van der Waals surface area contributed by atoms with Gasteiger partial charge in [0.15, 0.2) is 0 Å². The quantitative estimate of drug-likeness (QED) is 0.690. The van der Waals surface area contributed by atoms with Gasteiger partial charge < -0.3 is 21.5 Å². The summed E-state index contributed by atoms with van der Waals surface area (Å²) in [6.45, 7) is 0.421. The van der Waals surface area contributed by atoms with Crippen molar-refractivity contribution in [2.24, 2.45) is 11.5 Å². The molecule has 1 saturated heterocycles. The summed E-state index contributed by atoms with van der Waals surface area (Å²) in [4.78, 5) is 23.9. The number of nitrogens with one attached hydrogen (secondary N) is 1. The molecule has 2 aliphatic rings. The largest absolute Gasteiger partial charge is 0.368 e. The molecule has 1 saturated carbocycles. The van der Waals surface area contributed by atoms with Crippen molar-refractivity contribution in [1.29, 1.82) is 0 Å². The van der Waals surface area contributed by atoms with Crippen LogP contribution in [0.15, 0.2) is 0 Å². The SMILES string of the molecule is Cl.NC[C@H]1CC[C@@H](C(=O)NC2(C(N)=O)CCCCC2)O1. The third kappa shape index (κ3) is 3.62. The van der Waals surface area contributed by atoms with Crippen LogP contribution >= 0.6 is 12.4 Å². The van der Waals surface area contributed by atoms with Crippen LogP contribution in [0, 0.1) is 0 Å². The van der Waals surface area contributed by atoms with Gasteiger partial charge in [0.05, 0.1) is 6.10 Å². The molecule has 20 heavy (non-hydrogen) atoms. The van der Waals surface area contributed by atoms with Crippen LogP contribution in [-0.2, 0) is 14.3 Å². The minimum absolute atomic E-state index is 0. The molecule has 6 nitrogen and oxygen atoms in total. The number of ether oxygens (including phenoxy) is 1. The van der Waals surface area contributed by atoms with E-state index in [0.717, 1.165) is 25.7 Å². The van der Waals surface area contributed by atoms with Crippen molar-refractivity contribution >= 4 is 24.2 Å². The maximum atomic E-state index is 12.2. The lowest BCUT2D eigenvalue weighted by molar-refractivity contribution is -0.139. The Morgan fingerprint density at radius 2 is 1.85 bits per heavy atom. The molecule has 1 heterocycles. The highest BCUT2D eigenvalue weighted by atomic mass is 35.5. The molecule has 0 bridgehead atoms. The Labute approximate surface area is 125 Å². The Bertz CT molecular complexity index is 359. The van der Waals surface area contributed by atoms with Crippen molar-refractivity contribution in [1.82, 2.24) is 5.32 Å². The monoisotopic (exact) mass is 305 g/mol. The summed E-state index contributed by atoms with van der Waals surface area (Å²) in [5.74, 6) is -0.662. The van der Waals surface area contributed by atoms with E-state index in [2.05, 4.69) is 5.32 Å². The molecule has 2 rings (SSSR count). The lowest BCUT2D eigenvalue weighted by atomic mass is 9.81. The van der Waals surface area contributed by atoms with E-state index >= 15 is 0 Å². The Balaban J connectivity index is 0.00000200. The van der Waals surface area contributed by atoms with Crippen LogP contribution in [-0.4, -0.2) is 36.1 Å². The van der Waals surface area contributed by atoms with Crippen LogP contribution < -0.4 is 16.8 Å². The molecule has 0 aromatic rings. The van der Waals surface area contributed by atoms with Crippen molar-refractivity contribution in [3.05, 3.63) is 0 Å². The third-order valence-electron chi connectivity index (χ3n) is 4.20. The Morgan fingerprint density at radius 1 is 1.20 bits per heavy atom. The summed E-state index contributed by atoms with van der Waals surface area (Å²) in [5.41, 5.74) is 10.1. The molecule has 0 aromatic heterocycles. The van der Waals surface area contributed by atoms with E-state index in [4.69, 9.17) is 16.2 Å². The number of halogens is 1. The number of hydrogen-bond acceptors (Lipinski definition) is 4. The molecule has 5 N–H and O–H groups in total. The van der Waals surface area contributed by atoms with Gasteiger partial charge in [0.25, 0.3) is 0 Å². The van der Waals surface area contributed by atoms with E-state index < -0.39 is 17.6 Å². The first kappa shape index (κ1) is 17.2. The normalized spacial score (nSPS) is 28.4. The second-order valence-corrected chi connectivity index (χ2v) is 5.56. The number of carbonyl (C=O) groups excluding carboxylic acids is 2. The topological polar surface area (TPSA) is 107 Å². The minimum atomic E-state index is -0.876. The summed E-state index contributed by atoms with van der Waals surface area (Å²) in [6.07, 6.45) is 5.07. The average Bonchev–Trinajstić information content (AvgIpc) is 2.88. The van der Waals surface area contributed by atoms with Crippen LogP contribution in [0.3, 0.4) is 0 Å². The molecule has 1 aliphatic carbocycles. The molecule has 0 unspecified atom stereocenters. The first-order valence-corrected chi connectivity index (χ1v) is 7.05. The number of rotatable bonds is 4. The molecule has 2 fully saturated rings. The second-order valence-electron chi connectivity index (χ2n) is 5.56. The highest BCUT2D eigenvalue weighted by molar-refractivity contribution is 5.92. The highest BCUT2D eigenvalue weighted by Gasteiger charge is 2.41. The number of carbonyl (C=O) groups is 2. The zero-order valence-electron chi connectivity index (χ0n) is 11.6. The molecule has 116 valence electrons. The molecule has 2 amide bonds. The van der Waals surface area contributed by atoms with Gasteiger partial charge >= 0.3 is 0 Å². The van der Waals surface area contributed by atoms with Crippen LogP contribution in [0.2, 0.25) is 0 Å². The lowest BCUT2D eigenvalue weighted by Gasteiger charge is -2.35. The number of primary amides is 1. The van der Waals surface area contributed by atoms with E-state index in [1.165, 1.54) is 0 Å². The zero-order chi connectivity index (χ0) is 13.9. The summed E-state index contributed by atoms with van der Waals surface area (Å²) in [5, 5.41) is 2.84. The predicted octanol–water partition coefficient (Wildman–Crippen LogP) is 0.219. The molecule has 2 atom stereocenters. The second kappa shape index (κ2) is 7.24. The fourth-order valence-corrected chi connectivity index (χ4v) is 2.98. The van der Waals surface area contributed by atoms with Crippen molar-refractivity contribution in [3.8, 4) is 0 Å². The molecule has 0 spiro atoms. The van der Waals surface area contributed by atoms with Crippen molar-refractivity contribution in [2.75, 3.05) is 6.54 Å². The van der Waals surface area contributed by atoms with Gasteiger partial charge in [-0.2, -0.15) is 0 Å². The molecule has 1 aliphatic heterocycles. The summed E-state index contributed by atoms with van der Waals surface area (Å²) in [7, 11) is 0. The predicted molar refractivity (Wildman–Crippen MR) is 77.4 cm³/mol. The number of hydrogen-bond donors (Lipinski definition) is 3. The first-order chi connectivity index (χ1) is 9.07. The lowest BCUT2D eigenvalue weighted by Crippen LogP contribution is -2.60. The van der Waals surface area contributed by atoms with E-state index in [-0.39, 0.29) is 24.4 Å². The minimum Gasteiger partial charge on any atom is -0.368 e. The highest BCUT2D eigenvalue weighted by Crippen LogP contribution is 2.29. The maximum Gasteiger partial charge on any atom is 0.250 e. The summed E-state index contributed by atoms with van der Waals surface area (Å²) >= 11 is 0. The van der Waals surface area contributed by atoms with Crippen LogP contribution in [0.5, 0.6) is 0 Å². The van der Waals surface area contributed by atoms with Crippen LogP contribution in [0.4, 0.5) is 0 Å². The van der Waals surface area contributed by atoms with E-state index in [0.29, 0.717) is 25.8 Å². The van der Waals surface area contributed by atoms with E-state index in [9.17, 15) is 9.59 Å². The van der Waals surface area contributed by atoms with Gasteiger partial charge in [-0.1, -0.05) is 19.3 Å². The van der Waals surface area contributed by atoms with Crippen molar-refractivity contribution in [2.45, 2.75) is 62.7 Å². The molecule has 0 aromatic carbocycles. The van der Waals surface area contributed by atoms with Gasteiger partial charge in [0.2, 0.25) is 11.8 Å². The molecule has 0 radical (unpaired) electrons. The first-order valence-electron chi connectivity index (χ1n) is 7.05. The van der Waals surface area contributed by atoms with Crippen LogP contribution in [0.25, 0.3) is 0 Å². The fourth-order valence-electron chi connectivity index (χ4n) is 2.98. The molecular weight excluding hydrogens is 282 g/mol. The summed E-state index contributed by atoms with van der Waals surface area (Å²) < 4.78 is 5.55. The van der Waals surface area contributed by atoms with Gasteiger partial charge in [-0.3, -0.25) is 9.59 Å². The van der Waals surface area contributed by atoms with Gasteiger partial charge in [-0.25, -0.2) is 0 Å². The standard InChI is InChI=1S/C13H23N3O3.ClH/c14-8-9-4-5-10(19-9)11(17)16-13(12(15)18)6-2-1-3-7-13;/h9-10H,1-8,14H2,(H2,15,18)(H,16,17);1H/t9-,10+;/m1./s1. The van der Waals surface area contributed by atoms with Crippen LogP contribution in [0.1, 0.15) is 44.9 Å². The fraction of sp³-hybridized carbons (Fsp3) is 0.846. The zero-order valence-corrected chi connectivity index (χ0v) is 12.4. The van der Waals surface area contributed by atoms with E-state index in [1.807, 2.05) is 0 Å². The van der Waals surface area contributed by atoms with E-state index in [1.54, 1.807) is 0 Å². The smallest absolute Gasteiger partial charge is 0.250 e. The number of nitrogens with two attached hydrogens (primary N) is 2. The third-order valence-corrected chi connectivity index (χ3v) is 4.20. The number of amides is 2. The molecule has 7 heteroatoms. The Hall–Kier alpha value is -0.850. The van der Waals surface area contributed by atoms with Gasteiger partial charge in [-0.05, 0) is 25.7 Å². The van der Waals surface area contributed by atoms with Gasteiger partial charge in [-0.15, -0.1) is 12.4 Å². The average molecular weight is 306 g/mol. The maximum absolute atomic E-state index is 12.2. The van der Waals surface area contributed by atoms with Crippen molar-refractivity contribution < 1.29 is 14.3 Å². The molecular formula is C13H24ClN3O3. The van der Waals surface area contributed by atoms with Crippen molar-refractivity contribution in [3.63, 3.8) is 0 Å². The Kier molecular flexibility index (Phi) is 6.23. The van der Waals surface area contributed by atoms with Gasteiger partial charge in [0, 0.05) is 6.54 Å². The Morgan fingerprint density at radius 3 is 2.35 bits per heavy atom. The summed E-state index contributed by atoms with van der Waals surface area (Å²) in [6, 6.07) is 0. The van der Waals surface area contributed by atoms with Gasteiger partial charge in [0.1, 0.15) is 11.6 Å².